The number of aromatic nitrogens is 2. The molecule has 0 saturated carbocycles. The van der Waals surface area contributed by atoms with Crippen LogP contribution in [0.2, 0.25) is 0 Å². The van der Waals surface area contributed by atoms with Gasteiger partial charge in [0, 0.05) is 50.0 Å². The predicted octanol–water partition coefficient (Wildman–Crippen LogP) is 14.7. The number of hydrogen-bond donors (Lipinski definition) is 0. The molecule has 2 heterocycles. The molecule has 0 radical (unpaired) electrons. The normalized spacial score (nSPS) is 11.5. The molecule has 11 rings (SSSR count). The van der Waals surface area contributed by atoms with Crippen molar-refractivity contribution in [1.29, 1.82) is 0 Å². The molecule has 0 spiro atoms. The van der Waals surface area contributed by atoms with Gasteiger partial charge in [0.2, 0.25) is 0 Å². The standard InChI is InChI=1S/C54H37N3/c1-3-14-38(15-4-1)39-26-31-43(32-27-39)55(42-16-5-2-6-17-42)44-33-28-40(29-34-44)41-30-35-54-50(36-41)49-22-9-12-25-53(49)57(54)46-19-13-18-45(37-46)56-51-23-10-7-20-47(51)48-21-8-11-24-52(48)56/h1-37H. The lowest BCUT2D eigenvalue weighted by Gasteiger charge is -2.26. The van der Waals surface area contributed by atoms with Crippen LogP contribution >= 0.6 is 0 Å². The fourth-order valence-corrected chi connectivity index (χ4v) is 8.66. The molecular weight excluding hydrogens is 691 g/mol. The molecule has 2 aromatic heterocycles. The Morgan fingerprint density at radius 2 is 0.632 bits per heavy atom. The molecule has 0 fully saturated rings. The van der Waals surface area contributed by atoms with Crippen LogP contribution in [0.15, 0.2) is 224 Å². The summed E-state index contributed by atoms with van der Waals surface area (Å²) in [4.78, 5) is 2.32. The van der Waals surface area contributed by atoms with E-state index in [0.29, 0.717) is 0 Å². The van der Waals surface area contributed by atoms with Gasteiger partial charge in [-0.15, -0.1) is 0 Å². The first-order chi connectivity index (χ1) is 28.3. The highest BCUT2D eigenvalue weighted by molar-refractivity contribution is 6.11. The zero-order valence-electron chi connectivity index (χ0n) is 31.2. The van der Waals surface area contributed by atoms with Crippen LogP contribution in [0.1, 0.15) is 0 Å². The number of fused-ring (bicyclic) bond motifs is 6. The molecule has 11 aromatic rings. The van der Waals surface area contributed by atoms with Gasteiger partial charge in [-0.1, -0.05) is 140 Å². The van der Waals surface area contributed by atoms with E-state index in [4.69, 9.17) is 0 Å². The molecule has 3 heteroatoms. The third kappa shape index (κ3) is 5.60. The van der Waals surface area contributed by atoms with Gasteiger partial charge in [-0.05, 0) is 107 Å². The van der Waals surface area contributed by atoms with E-state index < -0.39 is 0 Å². The minimum atomic E-state index is 1.11. The Labute approximate surface area is 331 Å². The second-order valence-electron chi connectivity index (χ2n) is 14.6. The van der Waals surface area contributed by atoms with Crippen LogP contribution in [0.25, 0.3) is 77.2 Å². The fourth-order valence-electron chi connectivity index (χ4n) is 8.66. The summed E-state index contributed by atoms with van der Waals surface area (Å²) in [6.45, 7) is 0. The van der Waals surface area contributed by atoms with E-state index in [9.17, 15) is 0 Å². The molecule has 0 aliphatic rings. The van der Waals surface area contributed by atoms with Gasteiger partial charge in [0.25, 0.3) is 0 Å². The molecule has 268 valence electrons. The highest BCUT2D eigenvalue weighted by Crippen LogP contribution is 2.39. The van der Waals surface area contributed by atoms with Crippen molar-refractivity contribution < 1.29 is 0 Å². The van der Waals surface area contributed by atoms with E-state index in [2.05, 4.69) is 238 Å². The van der Waals surface area contributed by atoms with Gasteiger partial charge in [0.1, 0.15) is 0 Å². The highest BCUT2D eigenvalue weighted by Gasteiger charge is 2.17. The van der Waals surface area contributed by atoms with E-state index in [1.807, 2.05) is 0 Å². The van der Waals surface area contributed by atoms with Crippen LogP contribution in [-0.2, 0) is 0 Å². The van der Waals surface area contributed by atoms with Gasteiger partial charge in [0.15, 0.2) is 0 Å². The minimum absolute atomic E-state index is 1.11. The molecule has 0 amide bonds. The second kappa shape index (κ2) is 13.6. The Hall–Kier alpha value is -7.62. The zero-order valence-corrected chi connectivity index (χ0v) is 31.2. The maximum atomic E-state index is 2.41. The molecule has 3 nitrogen and oxygen atoms in total. The monoisotopic (exact) mass is 727 g/mol. The third-order valence-electron chi connectivity index (χ3n) is 11.3. The van der Waals surface area contributed by atoms with Crippen LogP contribution in [0.4, 0.5) is 17.1 Å². The average Bonchev–Trinajstić information content (AvgIpc) is 3.80. The lowest BCUT2D eigenvalue weighted by Crippen LogP contribution is -2.09. The SMILES string of the molecule is c1ccc(-c2ccc(N(c3ccccc3)c3ccc(-c4ccc5c(c4)c4ccccc4n5-c4cccc(-n5c6ccccc6c6ccccc65)c4)cc3)cc2)cc1. The summed E-state index contributed by atoms with van der Waals surface area (Å²) >= 11 is 0. The van der Waals surface area contributed by atoms with Crippen LogP contribution < -0.4 is 4.90 Å². The topological polar surface area (TPSA) is 13.1 Å². The van der Waals surface area contributed by atoms with Gasteiger partial charge in [-0.2, -0.15) is 0 Å². The molecule has 0 aliphatic carbocycles. The summed E-state index contributed by atoms with van der Waals surface area (Å²) in [5.41, 5.74) is 15.2. The van der Waals surface area contributed by atoms with Crippen LogP contribution in [-0.4, -0.2) is 9.13 Å². The van der Waals surface area contributed by atoms with Crippen molar-refractivity contribution >= 4 is 60.7 Å². The van der Waals surface area contributed by atoms with Crippen molar-refractivity contribution in [1.82, 2.24) is 9.13 Å². The number of nitrogens with zero attached hydrogens (tertiary/aromatic N) is 3. The van der Waals surface area contributed by atoms with Gasteiger partial charge >= 0.3 is 0 Å². The van der Waals surface area contributed by atoms with E-state index >= 15 is 0 Å². The maximum absolute atomic E-state index is 2.41. The first kappa shape index (κ1) is 32.8. The van der Waals surface area contributed by atoms with E-state index in [0.717, 1.165) is 28.4 Å². The van der Waals surface area contributed by atoms with Crippen molar-refractivity contribution in [2.24, 2.45) is 0 Å². The Kier molecular flexibility index (Phi) is 7.82. The Morgan fingerprint density at radius 3 is 1.18 bits per heavy atom. The van der Waals surface area contributed by atoms with Crippen LogP contribution in [0.5, 0.6) is 0 Å². The Balaban J connectivity index is 0.979. The summed E-state index contributed by atoms with van der Waals surface area (Å²) in [5, 5.41) is 5.00. The summed E-state index contributed by atoms with van der Waals surface area (Å²) in [5.74, 6) is 0. The van der Waals surface area contributed by atoms with Gasteiger partial charge in [0.05, 0.1) is 22.1 Å². The lowest BCUT2D eigenvalue weighted by molar-refractivity contribution is 1.13. The van der Waals surface area contributed by atoms with Crippen molar-refractivity contribution in [3.8, 4) is 33.6 Å². The smallest absolute Gasteiger partial charge is 0.0541 e. The summed E-state index contributed by atoms with van der Waals surface area (Å²) in [6.07, 6.45) is 0. The minimum Gasteiger partial charge on any atom is -0.311 e. The maximum Gasteiger partial charge on any atom is 0.0541 e. The molecule has 0 atom stereocenters. The largest absolute Gasteiger partial charge is 0.311 e. The number of anilines is 3. The fraction of sp³-hybridized carbons (Fsp3) is 0. The van der Waals surface area contributed by atoms with Crippen LogP contribution in [0, 0.1) is 0 Å². The van der Waals surface area contributed by atoms with Gasteiger partial charge in [-0.25, -0.2) is 0 Å². The molecule has 0 bridgehead atoms. The lowest BCUT2D eigenvalue weighted by atomic mass is 10.0. The first-order valence-corrected chi connectivity index (χ1v) is 19.5. The Morgan fingerprint density at radius 1 is 0.246 bits per heavy atom. The number of benzene rings is 9. The molecule has 9 aromatic carbocycles. The summed E-state index contributed by atoms with van der Waals surface area (Å²) < 4.78 is 4.80. The van der Waals surface area contributed by atoms with Gasteiger partial charge < -0.3 is 14.0 Å². The summed E-state index contributed by atoms with van der Waals surface area (Å²) in [7, 11) is 0. The third-order valence-corrected chi connectivity index (χ3v) is 11.3. The van der Waals surface area contributed by atoms with Crippen molar-refractivity contribution in [3.05, 3.63) is 224 Å². The van der Waals surface area contributed by atoms with E-state index in [1.165, 1.54) is 65.9 Å². The molecular formula is C54H37N3. The van der Waals surface area contributed by atoms with Gasteiger partial charge in [-0.3, -0.25) is 0 Å². The van der Waals surface area contributed by atoms with Crippen molar-refractivity contribution in [2.75, 3.05) is 4.90 Å². The molecule has 57 heavy (non-hydrogen) atoms. The molecule has 0 unspecified atom stereocenters. The first-order valence-electron chi connectivity index (χ1n) is 19.5. The van der Waals surface area contributed by atoms with E-state index in [1.54, 1.807) is 0 Å². The van der Waals surface area contributed by atoms with Crippen molar-refractivity contribution in [3.63, 3.8) is 0 Å². The summed E-state index contributed by atoms with van der Waals surface area (Å²) in [6, 6.07) is 81.0. The predicted molar refractivity (Wildman–Crippen MR) is 241 cm³/mol. The zero-order chi connectivity index (χ0) is 37.7. The number of para-hydroxylation sites is 4. The van der Waals surface area contributed by atoms with Crippen molar-refractivity contribution in [2.45, 2.75) is 0 Å². The molecule has 0 N–H and O–H groups in total. The average molecular weight is 728 g/mol. The second-order valence-corrected chi connectivity index (χ2v) is 14.6. The molecule has 0 saturated heterocycles. The van der Waals surface area contributed by atoms with Crippen LogP contribution in [0.3, 0.4) is 0 Å². The quantitative estimate of drug-likeness (QED) is 0.159. The Bertz CT molecular complexity index is 3160. The number of hydrogen-bond acceptors (Lipinski definition) is 1. The molecule has 0 aliphatic heterocycles. The van der Waals surface area contributed by atoms with E-state index in [-0.39, 0.29) is 0 Å². The number of rotatable bonds is 7. The highest BCUT2D eigenvalue weighted by atomic mass is 15.1.